The summed E-state index contributed by atoms with van der Waals surface area (Å²) in [5, 5.41) is 66.2. The van der Waals surface area contributed by atoms with Gasteiger partial charge in [-0.15, -0.1) is 0 Å². The van der Waals surface area contributed by atoms with E-state index in [1.54, 1.807) is 13.8 Å². The summed E-state index contributed by atoms with van der Waals surface area (Å²) in [4.78, 5) is 41.1. The Morgan fingerprint density at radius 2 is 1.49 bits per heavy atom. The summed E-state index contributed by atoms with van der Waals surface area (Å²) in [7, 11) is 0. The Balaban J connectivity index is 1.08. The zero-order valence-corrected chi connectivity index (χ0v) is 29.0. The van der Waals surface area contributed by atoms with Gasteiger partial charge in [0.2, 0.25) is 0 Å². The molecule has 0 aromatic heterocycles. The Hall–Kier alpha value is -2.89. The molecule has 1 aromatic rings. The maximum absolute atomic E-state index is 13.9. The number of rotatable bonds is 5. The van der Waals surface area contributed by atoms with Crippen molar-refractivity contribution in [3.05, 3.63) is 52.1 Å². The minimum absolute atomic E-state index is 0.0688. The van der Waals surface area contributed by atoms with Crippen molar-refractivity contribution in [1.29, 1.82) is 0 Å². The molecule has 1 aromatic carbocycles. The van der Waals surface area contributed by atoms with Gasteiger partial charge in [-0.2, -0.15) is 0 Å². The number of Topliss-reactive ketones (excluding diaryl/α,β-unsaturated/α-hetero) is 3. The van der Waals surface area contributed by atoms with Gasteiger partial charge in [-0.1, -0.05) is 12.1 Å². The first-order chi connectivity index (χ1) is 23.9. The second kappa shape index (κ2) is 12.9. The van der Waals surface area contributed by atoms with E-state index in [0.717, 1.165) is 12.2 Å². The zero-order chi connectivity index (χ0) is 36.8. The molecule has 3 aliphatic carbocycles. The maximum atomic E-state index is 13.9. The van der Waals surface area contributed by atoms with Gasteiger partial charge in [0, 0.05) is 48.8 Å². The molecule has 14 nitrogen and oxygen atoms in total. The Morgan fingerprint density at radius 3 is 2.18 bits per heavy atom. The van der Waals surface area contributed by atoms with Crippen LogP contribution in [-0.2, 0) is 28.5 Å². The molecule has 0 unspecified atom stereocenters. The number of carbonyl (C=O) groups excluding carboxylic acids is 3. The molecule has 1 saturated carbocycles. The van der Waals surface area contributed by atoms with Gasteiger partial charge in [0.25, 0.3) is 0 Å². The van der Waals surface area contributed by atoms with Crippen LogP contribution in [0.5, 0.6) is 5.75 Å². The maximum Gasteiger partial charge on any atom is 0.198 e. The molecular weight excluding hydrogens is 668 g/mol. The molecule has 14 heteroatoms. The van der Waals surface area contributed by atoms with Crippen LogP contribution in [-0.4, -0.2) is 120 Å². The van der Waals surface area contributed by atoms with Gasteiger partial charge >= 0.3 is 0 Å². The molecule has 7 rings (SSSR count). The van der Waals surface area contributed by atoms with Crippen molar-refractivity contribution < 1.29 is 68.7 Å². The van der Waals surface area contributed by atoms with Gasteiger partial charge < -0.3 is 54.3 Å². The van der Waals surface area contributed by atoms with Crippen LogP contribution < -0.4 is 0 Å². The number of ketones is 3. The number of hydrogen-bond acceptors (Lipinski definition) is 14. The van der Waals surface area contributed by atoms with Gasteiger partial charge in [0.1, 0.15) is 17.5 Å². The number of fused-ring (bicyclic) bond motifs is 3. The average molecular weight is 715 g/mol. The summed E-state index contributed by atoms with van der Waals surface area (Å²) in [6.45, 7) is 6.66. The first-order valence-electron chi connectivity index (χ1n) is 17.7. The summed E-state index contributed by atoms with van der Waals surface area (Å²) in [5.41, 5.74) is -8.16. The van der Waals surface area contributed by atoms with E-state index in [1.807, 2.05) is 6.92 Å². The highest BCUT2D eigenvalue weighted by molar-refractivity contribution is 6.32. The molecule has 4 fully saturated rings. The van der Waals surface area contributed by atoms with Crippen molar-refractivity contribution in [2.75, 3.05) is 0 Å². The highest BCUT2D eigenvalue weighted by atomic mass is 16.7. The van der Waals surface area contributed by atoms with Crippen molar-refractivity contribution in [2.45, 2.75) is 151 Å². The van der Waals surface area contributed by atoms with Crippen LogP contribution in [0, 0.1) is 0 Å². The Morgan fingerprint density at radius 1 is 0.824 bits per heavy atom. The third kappa shape index (κ3) is 6.03. The van der Waals surface area contributed by atoms with Crippen LogP contribution in [0.25, 0.3) is 0 Å². The third-order valence-electron chi connectivity index (χ3n) is 11.4. The fraction of sp³-hybridized carbons (Fsp3) is 0.649. The van der Waals surface area contributed by atoms with E-state index in [1.165, 1.54) is 19.1 Å². The largest absolute Gasteiger partial charge is 0.507 e. The SMILES string of the molecule is C[C@H]1O[C@@H](c2ccc3c(c2O)C(=O)C2=C(C3=O)[C@]3(O)C(=O)C[C@@](C)(O)C[C@]3(O)C=C2)C[C@@H](O[C@@H]2CC[C@H](O[C@@H]3CC[C@@H](O)[C@@H](C)O3)[C@@H](C)O2)[C@H]1O. The van der Waals surface area contributed by atoms with E-state index < -0.39 is 101 Å². The molecule has 6 N–H and O–H groups in total. The highest BCUT2D eigenvalue weighted by Gasteiger charge is 2.66. The normalized spacial score (nSPS) is 44.2. The molecule has 3 heterocycles. The predicted octanol–water partition coefficient (Wildman–Crippen LogP) is 1.61. The molecule has 6 aliphatic rings. The van der Waals surface area contributed by atoms with E-state index in [4.69, 9.17) is 23.7 Å². The smallest absolute Gasteiger partial charge is 0.198 e. The first kappa shape index (κ1) is 36.5. The standard InChI is InChI=1S/C37H46O14/c1-16-22(38)7-9-27(48-16)50-23-8-10-28(49-17(23)2)51-25-13-24(47-18(3)31(25)40)19-5-6-20-29(32(19)41)33(42)21-11-12-36(45)15-35(4,44)14-26(39)37(36,46)30(21)34(20)43/h5-6,11-12,16-18,22-25,27-28,31,38,40-41,44-46H,7-10,13-15H2,1-4H3/t16-,17-,18-,22-,23+,24-,25-,27-,28-,31+,35-,36-,37-/m1/s1. The quantitative estimate of drug-likeness (QED) is 0.255. The van der Waals surface area contributed by atoms with Gasteiger partial charge in [-0.25, -0.2) is 0 Å². The van der Waals surface area contributed by atoms with E-state index in [-0.39, 0.29) is 47.0 Å². The summed E-state index contributed by atoms with van der Waals surface area (Å²) in [5.74, 6) is -3.29. The molecular formula is C37H46O14. The lowest BCUT2D eigenvalue weighted by Crippen LogP contribution is -2.69. The van der Waals surface area contributed by atoms with Gasteiger partial charge in [0.15, 0.2) is 35.5 Å². The summed E-state index contributed by atoms with van der Waals surface area (Å²) >= 11 is 0. The zero-order valence-electron chi connectivity index (χ0n) is 29.0. The third-order valence-corrected chi connectivity index (χ3v) is 11.4. The van der Waals surface area contributed by atoms with Crippen LogP contribution in [0.4, 0.5) is 0 Å². The second-order valence-corrected chi connectivity index (χ2v) is 15.3. The number of ether oxygens (including phenoxy) is 5. The van der Waals surface area contributed by atoms with Crippen LogP contribution in [0.15, 0.2) is 35.4 Å². The molecule has 0 bridgehead atoms. The molecule has 3 saturated heterocycles. The van der Waals surface area contributed by atoms with E-state index >= 15 is 0 Å². The molecule has 51 heavy (non-hydrogen) atoms. The predicted molar refractivity (Wildman–Crippen MR) is 175 cm³/mol. The molecule has 3 aliphatic heterocycles. The van der Waals surface area contributed by atoms with Crippen molar-refractivity contribution in [3.63, 3.8) is 0 Å². The average Bonchev–Trinajstić information content (AvgIpc) is 3.05. The summed E-state index contributed by atoms with van der Waals surface area (Å²) < 4.78 is 30.4. The number of aliphatic hydroxyl groups is 5. The fourth-order valence-electron chi connectivity index (χ4n) is 8.58. The van der Waals surface area contributed by atoms with E-state index in [9.17, 15) is 45.0 Å². The number of aromatic hydroxyl groups is 1. The molecule has 0 spiro atoms. The number of benzene rings is 1. The first-order valence-corrected chi connectivity index (χ1v) is 17.7. The van der Waals surface area contributed by atoms with Crippen molar-refractivity contribution >= 4 is 17.3 Å². The van der Waals surface area contributed by atoms with E-state index in [0.29, 0.717) is 25.7 Å². The monoisotopic (exact) mass is 714 g/mol. The topological polar surface area (TPSA) is 219 Å². The lowest BCUT2D eigenvalue weighted by atomic mass is 9.57. The lowest BCUT2D eigenvalue weighted by molar-refractivity contribution is -0.299. The van der Waals surface area contributed by atoms with Gasteiger partial charge in [-0.3, -0.25) is 14.4 Å². The summed E-state index contributed by atoms with van der Waals surface area (Å²) in [6, 6.07) is 2.71. The molecule has 0 radical (unpaired) electrons. The van der Waals surface area contributed by atoms with Crippen molar-refractivity contribution in [3.8, 4) is 5.75 Å². The summed E-state index contributed by atoms with van der Waals surface area (Å²) in [6.07, 6.45) is -2.57. The highest BCUT2D eigenvalue weighted by Crippen LogP contribution is 2.52. The van der Waals surface area contributed by atoms with Crippen LogP contribution in [0.3, 0.4) is 0 Å². The minimum Gasteiger partial charge on any atom is -0.507 e. The fourth-order valence-corrected chi connectivity index (χ4v) is 8.58. The number of carbonyl (C=O) groups is 3. The van der Waals surface area contributed by atoms with E-state index in [2.05, 4.69) is 0 Å². The van der Waals surface area contributed by atoms with Crippen molar-refractivity contribution in [1.82, 2.24) is 0 Å². The Bertz CT molecular complexity index is 1680. The Labute approximate surface area is 294 Å². The number of hydrogen-bond donors (Lipinski definition) is 6. The van der Waals surface area contributed by atoms with Gasteiger partial charge in [0.05, 0.1) is 59.5 Å². The molecule has 13 atom stereocenters. The van der Waals surface area contributed by atoms with Gasteiger partial charge in [-0.05, 0) is 52.7 Å². The second-order valence-electron chi connectivity index (χ2n) is 15.3. The number of aliphatic hydroxyl groups excluding tert-OH is 2. The Kier molecular flexibility index (Phi) is 9.23. The lowest BCUT2D eigenvalue weighted by Gasteiger charge is -2.51. The number of phenolic OH excluding ortho intramolecular Hbond substituents is 1. The molecule has 0 amide bonds. The minimum atomic E-state index is -2.78. The molecule has 278 valence electrons. The van der Waals surface area contributed by atoms with Crippen LogP contribution in [0.2, 0.25) is 0 Å². The number of allylic oxidation sites excluding steroid dienone is 2. The van der Waals surface area contributed by atoms with Crippen LogP contribution >= 0.6 is 0 Å². The van der Waals surface area contributed by atoms with Crippen molar-refractivity contribution in [2.24, 2.45) is 0 Å². The number of phenols is 1. The van der Waals surface area contributed by atoms with Crippen LogP contribution in [0.1, 0.15) is 105 Å².